The first-order chi connectivity index (χ1) is 33.0. The third-order valence-electron chi connectivity index (χ3n) is 13.6. The Morgan fingerprint density at radius 3 is 1.09 bits per heavy atom. The SMILES string of the molecule is CCCCCCCCC/C=C\CCCCCCCC(=O)OCCCCCC/C=C\CCCC(=O)NC(CO)C(O)/C=C/CCCCCCCCCCCCCCCCCCCCCCCCC. The van der Waals surface area contributed by atoms with Gasteiger partial charge in [0, 0.05) is 12.8 Å². The molecule has 0 bridgehead atoms. The van der Waals surface area contributed by atoms with E-state index in [0.717, 1.165) is 70.6 Å². The average Bonchev–Trinajstić information content (AvgIpc) is 3.33. The van der Waals surface area contributed by atoms with Crippen molar-refractivity contribution in [2.24, 2.45) is 0 Å². The lowest BCUT2D eigenvalue weighted by Gasteiger charge is -2.19. The van der Waals surface area contributed by atoms with Gasteiger partial charge in [-0.1, -0.05) is 262 Å². The molecule has 0 spiro atoms. The minimum absolute atomic E-state index is 0.0448. The number of nitrogens with one attached hydrogen (secondary N) is 1. The van der Waals surface area contributed by atoms with Crippen molar-refractivity contribution >= 4 is 11.9 Å². The Labute approximate surface area is 417 Å². The second kappa shape index (κ2) is 56.7. The summed E-state index contributed by atoms with van der Waals surface area (Å²) in [5.41, 5.74) is 0. The zero-order chi connectivity index (χ0) is 48.6. The standard InChI is InChI=1S/C61H115NO5/c1-3-5-7-9-11-13-15-17-19-21-22-23-24-25-26-27-28-29-30-32-34-37-41-45-49-53-59(64)58(57-63)62-60(65)54-50-46-42-38-36-40-44-48-52-56-67-61(66)55-51-47-43-39-35-33-31-20-18-16-14-12-10-8-6-4-2/h20,31,38,42,49,53,58-59,63-64H,3-19,21-30,32-37,39-41,43-48,50-52,54-57H2,1-2H3,(H,62,65)/b31-20-,42-38-,53-49+. The van der Waals surface area contributed by atoms with Gasteiger partial charge < -0.3 is 20.3 Å². The van der Waals surface area contributed by atoms with Crippen LogP contribution in [0.25, 0.3) is 0 Å². The number of rotatable bonds is 55. The van der Waals surface area contributed by atoms with Crippen molar-refractivity contribution in [2.75, 3.05) is 13.2 Å². The van der Waals surface area contributed by atoms with Crippen molar-refractivity contribution < 1.29 is 24.5 Å². The van der Waals surface area contributed by atoms with E-state index >= 15 is 0 Å². The number of hydrogen-bond acceptors (Lipinski definition) is 5. The fraction of sp³-hybridized carbons (Fsp3) is 0.869. The van der Waals surface area contributed by atoms with Gasteiger partial charge in [0.2, 0.25) is 5.91 Å². The Kier molecular flexibility index (Phi) is 55.0. The van der Waals surface area contributed by atoms with Gasteiger partial charge >= 0.3 is 5.97 Å². The number of hydrogen-bond donors (Lipinski definition) is 3. The van der Waals surface area contributed by atoms with Gasteiger partial charge in [-0.3, -0.25) is 9.59 Å². The van der Waals surface area contributed by atoms with E-state index in [4.69, 9.17) is 4.74 Å². The van der Waals surface area contributed by atoms with Crippen LogP contribution < -0.4 is 5.32 Å². The number of allylic oxidation sites excluding steroid dienone is 5. The molecule has 0 heterocycles. The molecule has 1 amide bonds. The molecular weight excluding hydrogens is 827 g/mol. The molecule has 0 aliphatic heterocycles. The second-order valence-corrected chi connectivity index (χ2v) is 20.3. The van der Waals surface area contributed by atoms with Gasteiger partial charge in [0.05, 0.1) is 25.4 Å². The second-order valence-electron chi connectivity index (χ2n) is 20.3. The number of carbonyl (C=O) groups is 2. The van der Waals surface area contributed by atoms with Gasteiger partial charge in [-0.05, 0) is 77.0 Å². The molecule has 0 aromatic carbocycles. The molecule has 0 aliphatic rings. The van der Waals surface area contributed by atoms with Gasteiger partial charge in [-0.15, -0.1) is 0 Å². The molecule has 0 saturated carbocycles. The normalized spacial score (nSPS) is 12.8. The number of carbonyl (C=O) groups excluding carboxylic acids is 2. The average molecular weight is 943 g/mol. The molecular formula is C61H115NO5. The summed E-state index contributed by atoms with van der Waals surface area (Å²) in [6, 6.07) is -0.668. The molecule has 0 fully saturated rings. The highest BCUT2D eigenvalue weighted by molar-refractivity contribution is 5.76. The van der Waals surface area contributed by atoms with Crippen LogP contribution in [0.2, 0.25) is 0 Å². The van der Waals surface area contributed by atoms with Gasteiger partial charge in [0.15, 0.2) is 0 Å². The Morgan fingerprint density at radius 1 is 0.403 bits per heavy atom. The third kappa shape index (κ3) is 53.3. The van der Waals surface area contributed by atoms with Gasteiger partial charge in [0.1, 0.15) is 0 Å². The van der Waals surface area contributed by atoms with E-state index in [-0.39, 0.29) is 18.5 Å². The van der Waals surface area contributed by atoms with E-state index in [2.05, 4.69) is 43.5 Å². The maximum absolute atomic E-state index is 12.5. The number of aliphatic hydroxyl groups is 2. The third-order valence-corrected chi connectivity index (χ3v) is 13.6. The summed E-state index contributed by atoms with van der Waals surface area (Å²) >= 11 is 0. The van der Waals surface area contributed by atoms with Gasteiger partial charge in [-0.2, -0.15) is 0 Å². The largest absolute Gasteiger partial charge is 0.466 e. The first-order valence-corrected chi connectivity index (χ1v) is 29.8. The number of esters is 1. The summed E-state index contributed by atoms with van der Waals surface area (Å²) in [6.07, 6.45) is 70.4. The lowest BCUT2D eigenvalue weighted by atomic mass is 10.0. The van der Waals surface area contributed by atoms with Crippen LogP contribution in [-0.4, -0.2) is 47.4 Å². The van der Waals surface area contributed by atoms with Crippen molar-refractivity contribution in [2.45, 2.75) is 328 Å². The molecule has 2 unspecified atom stereocenters. The quantitative estimate of drug-likeness (QED) is 0.0321. The van der Waals surface area contributed by atoms with E-state index in [1.807, 2.05) is 6.08 Å². The molecule has 67 heavy (non-hydrogen) atoms. The summed E-state index contributed by atoms with van der Waals surface area (Å²) in [7, 11) is 0. The zero-order valence-electron chi connectivity index (χ0n) is 44.9. The number of unbranched alkanes of at least 4 members (excludes halogenated alkanes) is 40. The van der Waals surface area contributed by atoms with Crippen molar-refractivity contribution in [3.63, 3.8) is 0 Å². The molecule has 6 nitrogen and oxygen atoms in total. The van der Waals surface area contributed by atoms with Crippen LogP contribution in [0.4, 0.5) is 0 Å². The van der Waals surface area contributed by atoms with Gasteiger partial charge in [0.25, 0.3) is 0 Å². The van der Waals surface area contributed by atoms with Crippen LogP contribution >= 0.6 is 0 Å². The monoisotopic (exact) mass is 942 g/mol. The molecule has 2 atom stereocenters. The molecule has 394 valence electrons. The summed E-state index contributed by atoms with van der Waals surface area (Å²) in [6.45, 7) is 4.82. The fourth-order valence-electron chi connectivity index (χ4n) is 9.04. The minimum atomic E-state index is -0.877. The predicted octanol–water partition coefficient (Wildman–Crippen LogP) is 18.4. The Balaban J connectivity index is 3.55. The molecule has 0 aromatic rings. The van der Waals surface area contributed by atoms with E-state index in [1.54, 1.807) is 6.08 Å². The van der Waals surface area contributed by atoms with E-state index in [0.29, 0.717) is 19.4 Å². The highest BCUT2D eigenvalue weighted by Crippen LogP contribution is 2.17. The molecule has 0 rings (SSSR count). The summed E-state index contributed by atoms with van der Waals surface area (Å²) < 4.78 is 5.45. The predicted molar refractivity (Wildman–Crippen MR) is 292 cm³/mol. The number of ether oxygens (including phenoxy) is 1. The van der Waals surface area contributed by atoms with Gasteiger partial charge in [-0.25, -0.2) is 0 Å². The lowest BCUT2D eigenvalue weighted by Crippen LogP contribution is -2.45. The van der Waals surface area contributed by atoms with Crippen molar-refractivity contribution in [3.8, 4) is 0 Å². The Morgan fingerprint density at radius 2 is 0.716 bits per heavy atom. The first-order valence-electron chi connectivity index (χ1n) is 29.8. The van der Waals surface area contributed by atoms with E-state index in [9.17, 15) is 19.8 Å². The summed E-state index contributed by atoms with van der Waals surface area (Å²) in [5, 5.41) is 23.1. The fourth-order valence-corrected chi connectivity index (χ4v) is 9.04. The van der Waals surface area contributed by atoms with E-state index < -0.39 is 12.1 Å². The highest BCUT2D eigenvalue weighted by atomic mass is 16.5. The Hall–Kier alpha value is -1.92. The first kappa shape index (κ1) is 65.1. The van der Waals surface area contributed by atoms with Crippen molar-refractivity contribution in [1.82, 2.24) is 5.32 Å². The van der Waals surface area contributed by atoms with Crippen LogP contribution in [-0.2, 0) is 14.3 Å². The van der Waals surface area contributed by atoms with E-state index in [1.165, 1.54) is 218 Å². The molecule has 0 saturated heterocycles. The smallest absolute Gasteiger partial charge is 0.305 e. The molecule has 0 radical (unpaired) electrons. The number of amides is 1. The lowest BCUT2D eigenvalue weighted by molar-refractivity contribution is -0.143. The Bertz CT molecular complexity index is 1090. The summed E-state index contributed by atoms with van der Waals surface area (Å²) in [4.78, 5) is 24.5. The topological polar surface area (TPSA) is 95.9 Å². The van der Waals surface area contributed by atoms with Crippen LogP contribution in [0, 0.1) is 0 Å². The highest BCUT2D eigenvalue weighted by Gasteiger charge is 2.18. The summed E-state index contributed by atoms with van der Waals surface area (Å²) in [5.74, 6) is -0.171. The minimum Gasteiger partial charge on any atom is -0.466 e. The van der Waals surface area contributed by atoms with Crippen molar-refractivity contribution in [3.05, 3.63) is 36.5 Å². The van der Waals surface area contributed by atoms with Crippen LogP contribution in [0.15, 0.2) is 36.5 Å². The number of aliphatic hydroxyl groups excluding tert-OH is 2. The maximum atomic E-state index is 12.5. The molecule has 3 N–H and O–H groups in total. The van der Waals surface area contributed by atoms with Crippen LogP contribution in [0.1, 0.15) is 316 Å². The molecule has 6 heteroatoms. The van der Waals surface area contributed by atoms with Crippen LogP contribution in [0.3, 0.4) is 0 Å². The van der Waals surface area contributed by atoms with Crippen molar-refractivity contribution in [1.29, 1.82) is 0 Å². The molecule has 0 aliphatic carbocycles. The van der Waals surface area contributed by atoms with Crippen LogP contribution in [0.5, 0.6) is 0 Å². The zero-order valence-corrected chi connectivity index (χ0v) is 44.9. The molecule has 0 aromatic heterocycles. The maximum Gasteiger partial charge on any atom is 0.305 e.